The van der Waals surface area contributed by atoms with Gasteiger partial charge in [-0.2, -0.15) is 0 Å². The van der Waals surface area contributed by atoms with Gasteiger partial charge in [-0.15, -0.1) is 12.4 Å². The predicted octanol–water partition coefficient (Wildman–Crippen LogP) is 7.03. The monoisotopic (exact) mass is 411 g/mol. The smallest absolute Gasteiger partial charge is 0.0205 e. The molecule has 0 saturated heterocycles. The Morgan fingerprint density at radius 2 is 1.79 bits per heavy atom. The number of halogens is 1. The molecule has 2 aliphatic rings. The normalized spacial score (nSPS) is 28.4. The Kier molecular flexibility index (Phi) is 6.81. The van der Waals surface area contributed by atoms with Gasteiger partial charge in [-0.1, -0.05) is 82.6 Å². The average Bonchev–Trinajstić information content (AvgIpc) is 2.68. The van der Waals surface area contributed by atoms with E-state index in [-0.39, 0.29) is 12.4 Å². The van der Waals surface area contributed by atoms with Gasteiger partial charge >= 0.3 is 0 Å². The van der Waals surface area contributed by atoms with Crippen molar-refractivity contribution in [3.05, 3.63) is 70.8 Å². The van der Waals surface area contributed by atoms with E-state index in [2.05, 4.69) is 81.5 Å². The summed E-state index contributed by atoms with van der Waals surface area (Å²) in [4.78, 5) is 0. The first-order chi connectivity index (χ1) is 13.4. The number of rotatable bonds is 5. The topological polar surface area (TPSA) is 12.0 Å². The third-order valence-electron chi connectivity index (χ3n) is 7.87. The molecule has 2 heteroatoms. The fraction of sp³-hybridized carbons (Fsp3) is 0.556. The molecular weight excluding hydrogens is 374 g/mol. The van der Waals surface area contributed by atoms with Crippen LogP contribution in [0.5, 0.6) is 0 Å². The minimum absolute atomic E-state index is 0. The van der Waals surface area contributed by atoms with Crippen LogP contribution < -0.4 is 5.32 Å². The Morgan fingerprint density at radius 3 is 2.52 bits per heavy atom. The predicted molar refractivity (Wildman–Crippen MR) is 127 cm³/mol. The van der Waals surface area contributed by atoms with Gasteiger partial charge < -0.3 is 5.32 Å². The van der Waals surface area contributed by atoms with E-state index in [1.165, 1.54) is 43.2 Å². The van der Waals surface area contributed by atoms with E-state index >= 15 is 0 Å². The molecule has 4 rings (SSSR count). The van der Waals surface area contributed by atoms with E-state index in [0.717, 1.165) is 19.0 Å². The van der Waals surface area contributed by atoms with Gasteiger partial charge in [0.15, 0.2) is 0 Å². The molecule has 2 aromatic carbocycles. The molecule has 0 spiro atoms. The van der Waals surface area contributed by atoms with Crippen LogP contribution in [0.3, 0.4) is 0 Å². The van der Waals surface area contributed by atoms with Crippen LogP contribution in [0.15, 0.2) is 48.5 Å². The first kappa shape index (κ1) is 22.4. The molecule has 1 saturated carbocycles. The zero-order valence-corrected chi connectivity index (χ0v) is 19.4. The highest BCUT2D eigenvalue weighted by Gasteiger charge is 2.51. The van der Waals surface area contributed by atoms with Crippen molar-refractivity contribution >= 4 is 12.4 Å². The third kappa shape index (κ3) is 4.28. The van der Waals surface area contributed by atoms with Crippen LogP contribution in [0.1, 0.15) is 81.5 Å². The summed E-state index contributed by atoms with van der Waals surface area (Å²) < 4.78 is 0. The zero-order chi connectivity index (χ0) is 19.8. The third-order valence-corrected chi connectivity index (χ3v) is 7.87. The Balaban J connectivity index is 0.00000240. The van der Waals surface area contributed by atoms with Crippen molar-refractivity contribution in [2.24, 2.45) is 11.3 Å². The van der Waals surface area contributed by atoms with Crippen molar-refractivity contribution in [2.45, 2.75) is 77.7 Å². The molecule has 2 aromatic rings. The zero-order valence-electron chi connectivity index (χ0n) is 18.6. The molecule has 1 nitrogen and oxygen atoms in total. The Hall–Kier alpha value is -1.31. The second-order valence-corrected chi connectivity index (χ2v) is 10.2. The lowest BCUT2D eigenvalue weighted by Gasteiger charge is -2.55. The number of benzene rings is 2. The van der Waals surface area contributed by atoms with Gasteiger partial charge in [0.2, 0.25) is 0 Å². The summed E-state index contributed by atoms with van der Waals surface area (Å²) >= 11 is 0. The highest BCUT2D eigenvalue weighted by Crippen LogP contribution is 2.57. The lowest BCUT2D eigenvalue weighted by atomic mass is 9.49. The molecule has 29 heavy (non-hydrogen) atoms. The minimum atomic E-state index is 0. The van der Waals surface area contributed by atoms with Gasteiger partial charge in [0.1, 0.15) is 0 Å². The van der Waals surface area contributed by atoms with Gasteiger partial charge in [-0.05, 0) is 70.6 Å². The molecule has 158 valence electrons. The van der Waals surface area contributed by atoms with Crippen molar-refractivity contribution in [3.8, 4) is 0 Å². The lowest BCUT2D eigenvalue weighted by molar-refractivity contribution is 0.0257. The van der Waals surface area contributed by atoms with E-state index in [1.807, 2.05) is 0 Å². The average molecular weight is 412 g/mol. The Labute approximate surface area is 184 Å². The number of nitrogens with one attached hydrogen (secondary N) is 1. The van der Waals surface area contributed by atoms with Gasteiger partial charge in [0.25, 0.3) is 0 Å². The van der Waals surface area contributed by atoms with E-state index in [1.54, 1.807) is 11.1 Å². The molecule has 0 bridgehead atoms. The first-order valence-electron chi connectivity index (χ1n) is 11.3. The lowest BCUT2D eigenvalue weighted by Crippen LogP contribution is -2.52. The van der Waals surface area contributed by atoms with Crippen LogP contribution in [-0.2, 0) is 18.4 Å². The minimum Gasteiger partial charge on any atom is -0.312 e. The quantitative estimate of drug-likeness (QED) is 0.556. The molecule has 0 aromatic heterocycles. The maximum Gasteiger partial charge on any atom is 0.0205 e. The molecule has 0 radical (unpaired) electrons. The maximum atomic E-state index is 3.81. The second kappa shape index (κ2) is 8.82. The van der Waals surface area contributed by atoms with Gasteiger partial charge in [-0.25, -0.2) is 0 Å². The van der Waals surface area contributed by atoms with E-state index < -0.39 is 0 Å². The van der Waals surface area contributed by atoms with Crippen molar-refractivity contribution in [3.63, 3.8) is 0 Å². The standard InChI is InChI=1S/C27H37N.ClH/c1-20(2)22-11-13-24-23(17-22)12-14-25-26(3,15-8-16-27(24,25)4)19-28-18-21-9-6-5-7-10-21;/h5-7,9-11,13,17,20,25,28H,8,12,14-16,18-19H2,1-4H3;1H/t25-,26-,27+;/m1./s1. The van der Waals surface area contributed by atoms with Gasteiger partial charge in [0, 0.05) is 13.1 Å². The second-order valence-electron chi connectivity index (χ2n) is 10.2. The molecule has 1 fully saturated rings. The van der Waals surface area contributed by atoms with Crippen LogP contribution in [0.4, 0.5) is 0 Å². The molecule has 3 atom stereocenters. The Bertz CT molecular complexity index is 815. The molecule has 0 heterocycles. The molecule has 0 amide bonds. The summed E-state index contributed by atoms with van der Waals surface area (Å²) in [5, 5.41) is 3.81. The number of hydrogen-bond acceptors (Lipinski definition) is 1. The summed E-state index contributed by atoms with van der Waals surface area (Å²) in [6.07, 6.45) is 6.65. The molecule has 2 aliphatic carbocycles. The van der Waals surface area contributed by atoms with E-state index in [9.17, 15) is 0 Å². The first-order valence-corrected chi connectivity index (χ1v) is 11.3. The highest BCUT2D eigenvalue weighted by molar-refractivity contribution is 5.85. The van der Waals surface area contributed by atoms with E-state index in [4.69, 9.17) is 0 Å². The van der Waals surface area contributed by atoms with Crippen LogP contribution in [0.25, 0.3) is 0 Å². The molecule has 0 aliphatic heterocycles. The SMILES string of the molecule is CC(C)c1ccc2c(c1)CC[C@@H]1[C@@](C)(CNCc3ccccc3)CCC[C@@]21C.Cl. The highest BCUT2D eigenvalue weighted by atomic mass is 35.5. The fourth-order valence-corrected chi connectivity index (χ4v) is 6.30. The van der Waals surface area contributed by atoms with E-state index in [0.29, 0.717) is 16.7 Å². The Morgan fingerprint density at radius 1 is 1.03 bits per heavy atom. The van der Waals surface area contributed by atoms with Gasteiger partial charge in [0.05, 0.1) is 0 Å². The van der Waals surface area contributed by atoms with Crippen LogP contribution in [0, 0.1) is 11.3 Å². The molecular formula is C27H38ClN. The summed E-state index contributed by atoms with van der Waals surface area (Å²) in [5.74, 6) is 1.39. The molecule has 1 N–H and O–H groups in total. The van der Waals surface area contributed by atoms with Crippen LogP contribution in [-0.4, -0.2) is 6.54 Å². The van der Waals surface area contributed by atoms with Crippen molar-refractivity contribution in [2.75, 3.05) is 6.54 Å². The van der Waals surface area contributed by atoms with Crippen molar-refractivity contribution < 1.29 is 0 Å². The summed E-state index contributed by atoms with van der Waals surface area (Å²) in [6, 6.07) is 18.2. The van der Waals surface area contributed by atoms with Gasteiger partial charge in [-0.3, -0.25) is 0 Å². The molecule has 0 unspecified atom stereocenters. The summed E-state index contributed by atoms with van der Waals surface area (Å²) in [7, 11) is 0. The van der Waals surface area contributed by atoms with Crippen LogP contribution >= 0.6 is 12.4 Å². The van der Waals surface area contributed by atoms with Crippen LogP contribution in [0.2, 0.25) is 0 Å². The largest absolute Gasteiger partial charge is 0.312 e. The maximum absolute atomic E-state index is 3.81. The summed E-state index contributed by atoms with van der Waals surface area (Å²) in [5.41, 5.74) is 6.90. The van der Waals surface area contributed by atoms with Crippen molar-refractivity contribution in [1.29, 1.82) is 0 Å². The number of fused-ring (bicyclic) bond motifs is 3. The summed E-state index contributed by atoms with van der Waals surface area (Å²) in [6.45, 7) is 11.9. The van der Waals surface area contributed by atoms with Crippen molar-refractivity contribution in [1.82, 2.24) is 5.32 Å². The number of aryl methyl sites for hydroxylation is 1. The fourth-order valence-electron chi connectivity index (χ4n) is 6.30. The number of hydrogen-bond donors (Lipinski definition) is 1.